The molecule has 0 aromatic heterocycles. The number of ketones is 1. The maximum Gasteiger partial charge on any atom is 0.222 e. The summed E-state index contributed by atoms with van der Waals surface area (Å²) < 4.78 is 5.80. The van der Waals surface area contributed by atoms with Crippen LogP contribution in [-0.2, 0) is 11.2 Å². The van der Waals surface area contributed by atoms with Crippen LogP contribution >= 0.6 is 0 Å². The van der Waals surface area contributed by atoms with Crippen LogP contribution in [0.15, 0.2) is 66.7 Å². The van der Waals surface area contributed by atoms with Crippen molar-refractivity contribution < 1.29 is 19.4 Å². The molecule has 0 spiro atoms. The van der Waals surface area contributed by atoms with Gasteiger partial charge < -0.3 is 14.7 Å². The average Bonchev–Trinajstić information content (AvgIpc) is 3.38. The number of carbonyl (C=O) groups is 2. The van der Waals surface area contributed by atoms with Gasteiger partial charge in [-0.2, -0.15) is 0 Å². The average molecular weight is 446 g/mol. The van der Waals surface area contributed by atoms with Crippen LogP contribution in [0.1, 0.15) is 48.0 Å². The van der Waals surface area contributed by atoms with Gasteiger partial charge in [0, 0.05) is 31.5 Å². The van der Waals surface area contributed by atoms with E-state index in [1.54, 1.807) is 0 Å². The number of nitrogens with zero attached hydrogens (tertiary/aromatic N) is 1. The van der Waals surface area contributed by atoms with Gasteiger partial charge in [-0.25, -0.2) is 0 Å². The number of Topliss-reactive ketones (excluding diaryl/α,β-unsaturated/α-hetero) is 1. The second-order valence-corrected chi connectivity index (χ2v) is 8.75. The van der Waals surface area contributed by atoms with Crippen molar-refractivity contribution in [2.45, 2.75) is 44.6 Å². The van der Waals surface area contributed by atoms with Gasteiger partial charge in [0.15, 0.2) is 5.78 Å². The molecule has 5 nitrogen and oxygen atoms in total. The minimum Gasteiger partial charge on any atom is -0.491 e. The fourth-order valence-electron chi connectivity index (χ4n) is 4.26. The molecule has 1 aliphatic rings. The molecule has 0 radical (unpaired) electrons. The van der Waals surface area contributed by atoms with Gasteiger partial charge in [-0.3, -0.25) is 9.59 Å². The first kappa shape index (κ1) is 23.0. The maximum absolute atomic E-state index is 12.7. The molecule has 3 aromatic carbocycles. The second kappa shape index (κ2) is 11.1. The maximum atomic E-state index is 12.7. The topological polar surface area (TPSA) is 66.8 Å². The number of aliphatic hydroxyl groups is 1. The third-order valence-corrected chi connectivity index (χ3v) is 6.17. The molecule has 1 fully saturated rings. The van der Waals surface area contributed by atoms with E-state index in [9.17, 15) is 14.7 Å². The third kappa shape index (κ3) is 6.42. The molecule has 0 saturated carbocycles. The molecule has 1 atom stereocenters. The number of benzene rings is 3. The van der Waals surface area contributed by atoms with E-state index in [0.717, 1.165) is 42.3 Å². The highest BCUT2D eigenvalue weighted by molar-refractivity contribution is 6.01. The Kier molecular flexibility index (Phi) is 7.74. The molecule has 4 rings (SSSR count). The summed E-state index contributed by atoms with van der Waals surface area (Å²) in [4.78, 5) is 26.7. The Morgan fingerprint density at radius 2 is 1.70 bits per heavy atom. The van der Waals surface area contributed by atoms with Crippen LogP contribution in [0, 0.1) is 0 Å². The molecular formula is C28H31NO4. The van der Waals surface area contributed by atoms with Gasteiger partial charge in [0.05, 0.1) is 6.10 Å². The minimum atomic E-state index is -0.620. The van der Waals surface area contributed by atoms with Gasteiger partial charge in [0.25, 0.3) is 0 Å². The van der Waals surface area contributed by atoms with E-state index < -0.39 is 6.10 Å². The summed E-state index contributed by atoms with van der Waals surface area (Å²) in [6.07, 6.45) is 3.61. The molecule has 3 aromatic rings. The Hall–Kier alpha value is -3.18. The summed E-state index contributed by atoms with van der Waals surface area (Å²) in [7, 11) is 0. The number of hydrogen-bond donors (Lipinski definition) is 1. The number of rotatable bonds is 10. The molecule has 1 unspecified atom stereocenters. The lowest BCUT2D eigenvalue weighted by molar-refractivity contribution is -0.130. The molecule has 172 valence electrons. The zero-order valence-corrected chi connectivity index (χ0v) is 18.9. The number of amides is 1. The molecule has 1 N–H and O–H groups in total. The quantitative estimate of drug-likeness (QED) is 0.455. The lowest BCUT2D eigenvalue weighted by Gasteiger charge is -2.16. The molecule has 1 heterocycles. The van der Waals surface area contributed by atoms with Crippen LogP contribution in [0.5, 0.6) is 5.75 Å². The van der Waals surface area contributed by atoms with Crippen molar-refractivity contribution in [3.63, 3.8) is 0 Å². The summed E-state index contributed by atoms with van der Waals surface area (Å²) in [5, 5.41) is 12.2. The van der Waals surface area contributed by atoms with Crippen LogP contribution in [0.4, 0.5) is 0 Å². The second-order valence-electron chi connectivity index (χ2n) is 8.75. The Bertz CT molecular complexity index is 1090. The number of ether oxygens (including phenoxy) is 1. The lowest BCUT2D eigenvalue weighted by atomic mass is 10.00. The normalized spacial score (nSPS) is 14.4. The van der Waals surface area contributed by atoms with Crippen molar-refractivity contribution in [3.05, 3.63) is 77.9 Å². The molecule has 1 amide bonds. The first-order chi connectivity index (χ1) is 16.1. The Balaban J connectivity index is 1.29. The van der Waals surface area contributed by atoms with Crippen LogP contribution in [0.25, 0.3) is 10.8 Å². The van der Waals surface area contributed by atoms with Crippen molar-refractivity contribution in [1.29, 1.82) is 0 Å². The molecule has 0 bridgehead atoms. The Labute approximate surface area is 195 Å². The van der Waals surface area contributed by atoms with E-state index in [0.29, 0.717) is 37.0 Å². The van der Waals surface area contributed by atoms with Crippen LogP contribution in [0.2, 0.25) is 0 Å². The summed E-state index contributed by atoms with van der Waals surface area (Å²) >= 11 is 0. The summed E-state index contributed by atoms with van der Waals surface area (Å²) in [5.74, 6) is 0.920. The predicted octanol–water partition coefficient (Wildman–Crippen LogP) is 4.80. The lowest BCUT2D eigenvalue weighted by Crippen LogP contribution is -2.27. The first-order valence-electron chi connectivity index (χ1n) is 11.8. The van der Waals surface area contributed by atoms with E-state index in [4.69, 9.17) is 4.74 Å². The molecule has 33 heavy (non-hydrogen) atoms. The number of fused-ring (bicyclic) bond motifs is 1. The van der Waals surface area contributed by atoms with E-state index in [-0.39, 0.29) is 18.3 Å². The van der Waals surface area contributed by atoms with Gasteiger partial charge in [0.2, 0.25) is 5.91 Å². The largest absolute Gasteiger partial charge is 0.491 e. The van der Waals surface area contributed by atoms with Gasteiger partial charge in [-0.05, 0) is 60.2 Å². The van der Waals surface area contributed by atoms with Gasteiger partial charge in [-0.1, -0.05) is 48.5 Å². The van der Waals surface area contributed by atoms with Crippen molar-refractivity contribution in [2.24, 2.45) is 0 Å². The molecule has 0 aliphatic carbocycles. The smallest absolute Gasteiger partial charge is 0.222 e. The zero-order chi connectivity index (χ0) is 23.0. The van der Waals surface area contributed by atoms with Crippen LogP contribution in [-0.4, -0.2) is 47.5 Å². The highest BCUT2D eigenvalue weighted by atomic mass is 16.5. The molecule has 1 saturated heterocycles. The van der Waals surface area contributed by atoms with E-state index >= 15 is 0 Å². The van der Waals surface area contributed by atoms with Gasteiger partial charge in [-0.15, -0.1) is 0 Å². The molecule has 5 heteroatoms. The monoisotopic (exact) mass is 445 g/mol. The Morgan fingerprint density at radius 3 is 2.48 bits per heavy atom. The first-order valence-corrected chi connectivity index (χ1v) is 11.8. The number of aliphatic hydroxyl groups excluding tert-OH is 1. The van der Waals surface area contributed by atoms with Crippen molar-refractivity contribution in [3.8, 4) is 5.75 Å². The zero-order valence-electron chi connectivity index (χ0n) is 18.9. The van der Waals surface area contributed by atoms with E-state index in [2.05, 4.69) is 0 Å². The highest BCUT2D eigenvalue weighted by Gasteiger charge is 2.18. The summed E-state index contributed by atoms with van der Waals surface area (Å²) in [6.45, 7) is 1.91. The van der Waals surface area contributed by atoms with Crippen LogP contribution < -0.4 is 4.74 Å². The van der Waals surface area contributed by atoms with E-state index in [1.807, 2.05) is 71.6 Å². The fourth-order valence-corrected chi connectivity index (χ4v) is 4.26. The van der Waals surface area contributed by atoms with Crippen molar-refractivity contribution >= 4 is 22.5 Å². The Morgan fingerprint density at radius 1 is 0.939 bits per heavy atom. The van der Waals surface area contributed by atoms with Crippen molar-refractivity contribution in [2.75, 3.05) is 19.7 Å². The minimum absolute atomic E-state index is 0.0771. The molecular weight excluding hydrogens is 414 g/mol. The fraction of sp³-hybridized carbons (Fsp3) is 0.357. The van der Waals surface area contributed by atoms with Crippen LogP contribution in [0.3, 0.4) is 0 Å². The predicted molar refractivity (Wildman–Crippen MR) is 130 cm³/mol. The van der Waals surface area contributed by atoms with Crippen molar-refractivity contribution in [1.82, 2.24) is 4.90 Å². The highest BCUT2D eigenvalue weighted by Crippen LogP contribution is 2.23. The SMILES string of the molecule is O=C(Cc1ccccc1)c1ccc2ccc(OCC(O)CCCC(=O)N3CCCC3)cc2c1. The van der Waals surface area contributed by atoms with Gasteiger partial charge >= 0.3 is 0 Å². The summed E-state index contributed by atoms with van der Waals surface area (Å²) in [5.41, 5.74) is 1.67. The number of hydrogen-bond acceptors (Lipinski definition) is 4. The third-order valence-electron chi connectivity index (χ3n) is 6.17. The van der Waals surface area contributed by atoms with E-state index in [1.165, 1.54) is 0 Å². The standard InChI is InChI=1S/C28H31NO4/c30-25(9-6-10-28(32)29-15-4-5-16-29)20-33-26-14-13-22-11-12-23(18-24(22)19-26)27(31)17-21-7-2-1-3-8-21/h1-3,7-8,11-14,18-19,25,30H,4-6,9-10,15-17,20H2. The van der Waals surface area contributed by atoms with Gasteiger partial charge in [0.1, 0.15) is 12.4 Å². The number of likely N-dealkylation sites (tertiary alicyclic amines) is 1. The number of carbonyl (C=O) groups excluding carboxylic acids is 2. The molecule has 1 aliphatic heterocycles. The summed E-state index contributed by atoms with van der Waals surface area (Å²) in [6, 6.07) is 21.2.